The number of rotatable bonds is 6. The molecule has 15 heteroatoms. The second-order valence-corrected chi connectivity index (χ2v) is 7.17. The third kappa shape index (κ3) is 4.36. The van der Waals surface area contributed by atoms with Crippen LogP contribution in [-0.2, 0) is 12.7 Å². The zero-order valence-corrected chi connectivity index (χ0v) is 16.3. The van der Waals surface area contributed by atoms with Crippen molar-refractivity contribution in [1.29, 1.82) is 0 Å². The average Bonchev–Trinajstić information content (AvgIpc) is 3.40. The SMILES string of the molecule is O=C(O)c1ccc(N(Cc2sc(-c3noc(C(F)(F)F)n3)cc2F)c2cnccn2)nn1. The highest BCUT2D eigenvalue weighted by Crippen LogP contribution is 2.34. The Bertz CT molecular complexity index is 1250. The minimum absolute atomic E-state index is 0.0168. The van der Waals surface area contributed by atoms with E-state index in [-0.39, 0.29) is 33.6 Å². The van der Waals surface area contributed by atoms with Gasteiger partial charge in [-0.25, -0.2) is 14.2 Å². The van der Waals surface area contributed by atoms with Crippen molar-refractivity contribution in [1.82, 2.24) is 30.3 Å². The molecule has 1 N–H and O–H groups in total. The molecule has 10 nitrogen and oxygen atoms in total. The number of aromatic nitrogens is 6. The maximum absolute atomic E-state index is 14.6. The number of aromatic carboxylic acids is 1. The summed E-state index contributed by atoms with van der Waals surface area (Å²) in [5.41, 5.74) is -0.296. The smallest absolute Gasteiger partial charge is 0.471 e. The number of thiophene rings is 1. The van der Waals surface area contributed by atoms with E-state index in [4.69, 9.17) is 5.11 Å². The van der Waals surface area contributed by atoms with E-state index in [0.717, 1.165) is 17.4 Å². The fraction of sp³-hybridized carbons (Fsp3) is 0.118. The minimum atomic E-state index is -4.83. The maximum Gasteiger partial charge on any atom is 0.471 e. The highest BCUT2D eigenvalue weighted by Gasteiger charge is 2.38. The Morgan fingerprint density at radius 3 is 2.59 bits per heavy atom. The van der Waals surface area contributed by atoms with Crippen LogP contribution in [0.1, 0.15) is 21.3 Å². The summed E-state index contributed by atoms with van der Waals surface area (Å²) in [4.78, 5) is 23.9. The van der Waals surface area contributed by atoms with Crippen LogP contribution in [0, 0.1) is 5.82 Å². The molecule has 0 fully saturated rings. The monoisotopic (exact) mass is 467 g/mol. The number of nitrogens with zero attached hydrogens (tertiary/aromatic N) is 7. The van der Waals surface area contributed by atoms with E-state index in [0.29, 0.717) is 0 Å². The van der Waals surface area contributed by atoms with Gasteiger partial charge in [0.05, 0.1) is 22.5 Å². The lowest BCUT2D eigenvalue weighted by Gasteiger charge is -2.21. The van der Waals surface area contributed by atoms with Crippen molar-refractivity contribution in [2.45, 2.75) is 12.7 Å². The molecule has 0 aliphatic carbocycles. The molecule has 0 bridgehead atoms. The van der Waals surface area contributed by atoms with Crippen LogP contribution >= 0.6 is 11.3 Å². The first-order valence-corrected chi connectivity index (χ1v) is 9.34. The highest BCUT2D eigenvalue weighted by atomic mass is 32.1. The predicted octanol–water partition coefficient (Wildman–Crippen LogP) is 3.57. The van der Waals surface area contributed by atoms with E-state index in [1.54, 1.807) is 0 Å². The lowest BCUT2D eigenvalue weighted by atomic mass is 10.3. The Kier molecular flexibility index (Phi) is 5.48. The van der Waals surface area contributed by atoms with E-state index in [9.17, 15) is 22.4 Å². The minimum Gasteiger partial charge on any atom is -0.476 e. The standard InChI is InChI=1S/C17H9F4N7O3S/c18-8-5-10(14-24-16(31-27-14)17(19,20)21)32-11(8)7-28(13-6-22-3-4-23-13)12-2-1-9(15(29)30)25-26-12/h1-6H,7H2,(H,29,30). The molecular weight excluding hydrogens is 458 g/mol. The van der Waals surface area contributed by atoms with Gasteiger partial charge in [0.25, 0.3) is 0 Å². The van der Waals surface area contributed by atoms with Gasteiger partial charge in [0.2, 0.25) is 5.82 Å². The molecule has 0 radical (unpaired) electrons. The van der Waals surface area contributed by atoms with Gasteiger partial charge in [-0.15, -0.1) is 21.5 Å². The molecule has 4 aromatic rings. The van der Waals surface area contributed by atoms with Crippen molar-refractivity contribution < 1.29 is 32.0 Å². The van der Waals surface area contributed by atoms with Crippen LogP contribution in [0.15, 0.2) is 41.3 Å². The fourth-order valence-corrected chi connectivity index (χ4v) is 3.45. The molecule has 0 unspecified atom stereocenters. The topological polar surface area (TPSA) is 131 Å². The number of carboxylic acids is 1. The second kappa shape index (κ2) is 8.26. The first kappa shape index (κ1) is 21.2. The molecule has 4 aromatic heterocycles. The van der Waals surface area contributed by atoms with Gasteiger partial charge in [-0.05, 0) is 18.2 Å². The molecule has 164 valence electrons. The number of alkyl halides is 3. The summed E-state index contributed by atoms with van der Waals surface area (Å²) < 4.78 is 56.9. The van der Waals surface area contributed by atoms with Crippen LogP contribution in [0.4, 0.5) is 29.2 Å². The Labute approximate surface area is 179 Å². The summed E-state index contributed by atoms with van der Waals surface area (Å²) in [7, 11) is 0. The quantitative estimate of drug-likeness (QED) is 0.420. The van der Waals surface area contributed by atoms with Crippen LogP contribution in [0.2, 0.25) is 0 Å². The van der Waals surface area contributed by atoms with Crippen molar-refractivity contribution in [3.63, 3.8) is 0 Å². The number of halogens is 4. The summed E-state index contributed by atoms with van der Waals surface area (Å²) in [5.74, 6) is -3.57. The molecule has 0 spiro atoms. The van der Waals surface area contributed by atoms with E-state index in [2.05, 4.69) is 34.8 Å². The van der Waals surface area contributed by atoms with Crippen LogP contribution < -0.4 is 4.90 Å². The molecular formula is C17H9F4N7O3S. The molecule has 4 heterocycles. The Balaban J connectivity index is 1.67. The number of hydrogen-bond donors (Lipinski definition) is 1. The predicted molar refractivity (Wildman–Crippen MR) is 99.4 cm³/mol. The number of anilines is 2. The zero-order chi connectivity index (χ0) is 22.9. The van der Waals surface area contributed by atoms with Crippen molar-refractivity contribution in [2.75, 3.05) is 4.90 Å². The van der Waals surface area contributed by atoms with Gasteiger partial charge in [-0.3, -0.25) is 4.98 Å². The third-order valence-corrected chi connectivity index (χ3v) is 5.01. The van der Waals surface area contributed by atoms with Gasteiger partial charge < -0.3 is 14.5 Å². The first-order valence-electron chi connectivity index (χ1n) is 8.52. The van der Waals surface area contributed by atoms with E-state index in [1.165, 1.54) is 35.6 Å². The Morgan fingerprint density at radius 1 is 1.19 bits per heavy atom. The highest BCUT2D eigenvalue weighted by molar-refractivity contribution is 7.15. The fourth-order valence-electron chi connectivity index (χ4n) is 2.50. The molecule has 0 aromatic carbocycles. The molecule has 0 saturated carbocycles. The van der Waals surface area contributed by atoms with Gasteiger partial charge in [0, 0.05) is 12.4 Å². The molecule has 0 aliphatic rings. The molecule has 0 aliphatic heterocycles. The summed E-state index contributed by atoms with van der Waals surface area (Å²) in [6, 6.07) is 3.55. The van der Waals surface area contributed by atoms with Gasteiger partial charge in [0.15, 0.2) is 17.3 Å². The first-order chi connectivity index (χ1) is 15.2. The lowest BCUT2D eigenvalue weighted by Crippen LogP contribution is -2.20. The molecule has 0 saturated heterocycles. The van der Waals surface area contributed by atoms with E-state index in [1.807, 2.05) is 0 Å². The van der Waals surface area contributed by atoms with Gasteiger partial charge in [0.1, 0.15) is 5.82 Å². The number of carboxylic acid groups (broad SMARTS) is 1. The maximum atomic E-state index is 14.6. The molecule has 0 atom stereocenters. The van der Waals surface area contributed by atoms with Crippen LogP contribution in [0.3, 0.4) is 0 Å². The largest absolute Gasteiger partial charge is 0.476 e. The van der Waals surface area contributed by atoms with Crippen molar-refractivity contribution in [3.05, 3.63) is 59.1 Å². The number of hydrogen-bond acceptors (Lipinski definition) is 10. The third-order valence-electron chi connectivity index (χ3n) is 3.92. The Hall–Kier alpha value is -4.01. The summed E-state index contributed by atoms with van der Waals surface area (Å²) in [6.07, 6.45) is -0.657. The Morgan fingerprint density at radius 2 is 2.00 bits per heavy atom. The zero-order valence-electron chi connectivity index (χ0n) is 15.5. The second-order valence-electron chi connectivity index (χ2n) is 6.03. The summed E-state index contributed by atoms with van der Waals surface area (Å²) in [5, 5.41) is 19.7. The average molecular weight is 467 g/mol. The van der Waals surface area contributed by atoms with Crippen LogP contribution in [-0.4, -0.2) is 41.4 Å². The van der Waals surface area contributed by atoms with Crippen molar-refractivity contribution in [2.24, 2.45) is 0 Å². The van der Waals surface area contributed by atoms with Gasteiger partial charge in [-0.2, -0.15) is 18.2 Å². The lowest BCUT2D eigenvalue weighted by molar-refractivity contribution is -0.159. The molecule has 0 amide bonds. The molecule has 32 heavy (non-hydrogen) atoms. The summed E-state index contributed by atoms with van der Waals surface area (Å²) >= 11 is 0.803. The van der Waals surface area contributed by atoms with E-state index >= 15 is 0 Å². The van der Waals surface area contributed by atoms with E-state index < -0.39 is 29.7 Å². The summed E-state index contributed by atoms with van der Waals surface area (Å²) in [6.45, 7) is -0.166. The normalized spacial score (nSPS) is 11.5. The van der Waals surface area contributed by atoms with Gasteiger partial charge in [-0.1, -0.05) is 5.16 Å². The van der Waals surface area contributed by atoms with Gasteiger partial charge >= 0.3 is 18.0 Å². The van der Waals surface area contributed by atoms with Crippen molar-refractivity contribution >= 4 is 28.9 Å². The van der Waals surface area contributed by atoms with Crippen molar-refractivity contribution in [3.8, 4) is 10.7 Å². The molecule has 4 rings (SSSR count). The van der Waals surface area contributed by atoms with Crippen LogP contribution in [0.25, 0.3) is 10.7 Å². The number of carbonyl (C=O) groups is 1. The van der Waals surface area contributed by atoms with Crippen LogP contribution in [0.5, 0.6) is 0 Å².